The molecule has 10 nitrogen and oxygen atoms in total. The summed E-state index contributed by atoms with van der Waals surface area (Å²) in [6.45, 7) is 1.74. The lowest BCUT2D eigenvalue weighted by Crippen LogP contribution is -2.51. The molecule has 2 aromatic rings. The number of hydrogen-bond acceptors (Lipinski definition) is 6. The first-order chi connectivity index (χ1) is 19.0. The van der Waals surface area contributed by atoms with Crippen molar-refractivity contribution in [3.8, 4) is 0 Å². The normalized spacial score (nSPS) is 18.7. The number of carbonyl (C=O) groups is 4. The molecule has 0 radical (unpaired) electrons. The van der Waals surface area contributed by atoms with Crippen LogP contribution in [-0.4, -0.2) is 59.0 Å². The van der Waals surface area contributed by atoms with Crippen LogP contribution in [0.5, 0.6) is 0 Å². The Morgan fingerprint density at radius 2 is 1.68 bits per heavy atom. The Labute approximate surface area is 228 Å². The van der Waals surface area contributed by atoms with Crippen molar-refractivity contribution in [3.63, 3.8) is 0 Å². The molecule has 0 bridgehead atoms. The van der Waals surface area contributed by atoms with Crippen molar-refractivity contribution in [1.82, 2.24) is 20.9 Å². The van der Waals surface area contributed by atoms with E-state index < -0.39 is 70.6 Å². The third-order valence-electron chi connectivity index (χ3n) is 6.28. The van der Waals surface area contributed by atoms with E-state index in [-0.39, 0.29) is 42.1 Å². The molecule has 3 rings (SSSR count). The minimum absolute atomic E-state index is 0.139. The molecule has 1 aliphatic heterocycles. The molecular weight excluding hydrogens is 564 g/mol. The summed E-state index contributed by atoms with van der Waals surface area (Å²) < 4.78 is 79.3. The number of amides is 4. The lowest BCUT2D eigenvalue weighted by atomic mass is 9.93. The van der Waals surface area contributed by atoms with Gasteiger partial charge in [-0.25, -0.2) is 4.98 Å². The summed E-state index contributed by atoms with van der Waals surface area (Å²) in [6.07, 6.45) is -10.9. The van der Waals surface area contributed by atoms with Crippen LogP contribution in [0.15, 0.2) is 36.5 Å². The van der Waals surface area contributed by atoms with E-state index in [4.69, 9.17) is 0 Å². The average Bonchev–Trinajstić information content (AvgIpc) is 3.22. The zero-order valence-corrected chi connectivity index (χ0v) is 21.5. The maximum Gasteiger partial charge on any atom is 0.416 e. The zero-order valence-electron chi connectivity index (χ0n) is 21.5. The van der Waals surface area contributed by atoms with Gasteiger partial charge in [-0.3, -0.25) is 19.2 Å². The smallest absolute Gasteiger partial charge is 0.381 e. The quantitative estimate of drug-likeness (QED) is 0.299. The number of pyridine rings is 1. The minimum atomic E-state index is -5.19. The molecule has 1 unspecified atom stereocenters. The Morgan fingerprint density at radius 3 is 2.20 bits per heavy atom. The van der Waals surface area contributed by atoms with E-state index in [9.17, 15) is 50.6 Å². The molecule has 1 aromatic carbocycles. The van der Waals surface area contributed by atoms with Gasteiger partial charge in [0.05, 0.1) is 22.7 Å². The van der Waals surface area contributed by atoms with Gasteiger partial charge in [-0.05, 0) is 50.1 Å². The molecule has 1 saturated heterocycles. The van der Waals surface area contributed by atoms with Crippen LogP contribution in [0.2, 0.25) is 0 Å². The van der Waals surface area contributed by atoms with Crippen molar-refractivity contribution in [3.05, 3.63) is 58.8 Å². The van der Waals surface area contributed by atoms with E-state index in [0.717, 1.165) is 12.3 Å². The molecule has 4 atom stereocenters. The van der Waals surface area contributed by atoms with Gasteiger partial charge < -0.3 is 26.4 Å². The van der Waals surface area contributed by atoms with Crippen LogP contribution in [0.4, 0.5) is 32.2 Å². The highest BCUT2D eigenvalue weighted by molar-refractivity contribution is 6.08. The van der Waals surface area contributed by atoms with E-state index in [1.807, 2.05) is 5.32 Å². The van der Waals surface area contributed by atoms with E-state index in [1.165, 1.54) is 13.1 Å². The Hall–Kier alpha value is -4.21. The van der Waals surface area contributed by atoms with Gasteiger partial charge in [0, 0.05) is 30.8 Å². The molecule has 5 N–H and O–H groups in total. The molecule has 41 heavy (non-hydrogen) atoms. The first-order valence-corrected chi connectivity index (χ1v) is 12.1. The Balaban J connectivity index is 1.89. The highest BCUT2D eigenvalue weighted by Crippen LogP contribution is 2.36. The van der Waals surface area contributed by atoms with Crippen molar-refractivity contribution in [1.29, 1.82) is 0 Å². The number of likely N-dealkylation sites (N-methyl/N-ethyl adjacent to an activating group) is 1. The second kappa shape index (κ2) is 12.1. The van der Waals surface area contributed by atoms with Gasteiger partial charge in [-0.2, -0.15) is 26.3 Å². The summed E-state index contributed by atoms with van der Waals surface area (Å²) in [6, 6.07) is 1.21. The molecule has 16 heteroatoms. The van der Waals surface area contributed by atoms with Gasteiger partial charge in [-0.1, -0.05) is 0 Å². The maximum absolute atomic E-state index is 13.2. The predicted octanol–water partition coefficient (Wildman–Crippen LogP) is 2.49. The largest absolute Gasteiger partial charge is 0.416 e. The fraction of sp³-hybridized carbons (Fsp3) is 0.400. The van der Waals surface area contributed by atoms with E-state index in [2.05, 4.69) is 20.9 Å². The van der Waals surface area contributed by atoms with Gasteiger partial charge in [0.15, 0.2) is 6.10 Å². The van der Waals surface area contributed by atoms with Gasteiger partial charge in [0.2, 0.25) is 5.91 Å². The standard InChI is InChI=1S/C25H25F6N5O5/c1-11-6-12(20(38)34-11)9-17(18(37)23(41)32-2)35-22(40)16-4-3-5-33-19(16)36-21(39)13-7-14(24(26,27)28)10-15(8-13)25(29,30)31/h3-5,7-8,10-12,17-18,37H,6,9H2,1-2H3,(H,32,41)(H,34,38)(H,35,40)(H,33,36,39)/t11-,12+,17+,18?/m1/s1. The third-order valence-corrected chi connectivity index (χ3v) is 6.28. The van der Waals surface area contributed by atoms with Crippen molar-refractivity contribution >= 4 is 29.4 Å². The lowest BCUT2D eigenvalue weighted by molar-refractivity contribution is -0.143. The number of anilines is 1. The molecular formula is C25H25F6N5O5. The Kier molecular flexibility index (Phi) is 9.26. The number of nitrogens with zero attached hydrogens (tertiary/aromatic N) is 1. The van der Waals surface area contributed by atoms with Crippen LogP contribution in [0.25, 0.3) is 0 Å². The van der Waals surface area contributed by atoms with Gasteiger partial charge in [-0.15, -0.1) is 0 Å². The van der Waals surface area contributed by atoms with Crippen molar-refractivity contribution in [2.24, 2.45) is 5.92 Å². The number of alkyl halides is 6. The summed E-state index contributed by atoms with van der Waals surface area (Å²) in [5.41, 5.74) is -4.82. The number of benzene rings is 1. The van der Waals surface area contributed by atoms with Crippen LogP contribution in [0, 0.1) is 5.92 Å². The van der Waals surface area contributed by atoms with Crippen LogP contribution >= 0.6 is 0 Å². The molecule has 4 amide bonds. The van der Waals surface area contributed by atoms with E-state index in [1.54, 1.807) is 6.92 Å². The zero-order chi connectivity index (χ0) is 30.7. The van der Waals surface area contributed by atoms with Crippen LogP contribution in [-0.2, 0) is 21.9 Å². The van der Waals surface area contributed by atoms with Gasteiger partial charge >= 0.3 is 12.4 Å². The number of aliphatic hydroxyl groups is 1. The Bertz CT molecular complexity index is 1300. The monoisotopic (exact) mass is 589 g/mol. The Morgan fingerprint density at radius 1 is 1.07 bits per heavy atom. The van der Waals surface area contributed by atoms with Crippen molar-refractivity contribution in [2.45, 2.75) is 50.3 Å². The third kappa shape index (κ3) is 7.71. The molecule has 222 valence electrons. The minimum Gasteiger partial charge on any atom is -0.381 e. The fourth-order valence-electron chi connectivity index (χ4n) is 4.26. The summed E-state index contributed by atoms with van der Waals surface area (Å²) in [5, 5.41) is 19.8. The molecule has 0 spiro atoms. The molecule has 2 heterocycles. The van der Waals surface area contributed by atoms with Crippen molar-refractivity contribution in [2.75, 3.05) is 12.4 Å². The first kappa shape index (κ1) is 31.3. The SMILES string of the molecule is CNC(=O)C(O)[C@H](C[C@@H]1C[C@@H](C)NC1=O)NC(=O)c1cccnc1NC(=O)c1cc(C(F)(F)F)cc(C(F)(F)F)c1. The predicted molar refractivity (Wildman–Crippen MR) is 130 cm³/mol. The number of aromatic nitrogens is 1. The van der Waals surface area contributed by atoms with Crippen LogP contribution in [0.3, 0.4) is 0 Å². The molecule has 1 aliphatic rings. The highest BCUT2D eigenvalue weighted by Gasteiger charge is 2.38. The highest BCUT2D eigenvalue weighted by atomic mass is 19.4. The maximum atomic E-state index is 13.2. The molecule has 0 aliphatic carbocycles. The summed E-state index contributed by atoms with van der Waals surface area (Å²) >= 11 is 0. The van der Waals surface area contributed by atoms with Crippen LogP contribution in [0.1, 0.15) is 51.6 Å². The number of aliphatic hydroxyl groups excluding tert-OH is 1. The van der Waals surface area contributed by atoms with Crippen LogP contribution < -0.4 is 21.3 Å². The number of halogens is 6. The summed E-state index contributed by atoms with van der Waals surface area (Å²) in [5.74, 6) is -4.84. The van der Waals surface area contributed by atoms with E-state index in [0.29, 0.717) is 6.42 Å². The first-order valence-electron chi connectivity index (χ1n) is 12.1. The second-order valence-electron chi connectivity index (χ2n) is 9.37. The summed E-state index contributed by atoms with van der Waals surface area (Å²) in [4.78, 5) is 54.0. The fourth-order valence-corrected chi connectivity index (χ4v) is 4.26. The second-order valence-corrected chi connectivity index (χ2v) is 9.37. The number of nitrogens with one attached hydrogen (secondary N) is 4. The van der Waals surface area contributed by atoms with Crippen molar-refractivity contribution < 1.29 is 50.6 Å². The van der Waals surface area contributed by atoms with Gasteiger partial charge in [0.25, 0.3) is 17.7 Å². The molecule has 0 saturated carbocycles. The lowest BCUT2D eigenvalue weighted by Gasteiger charge is -2.25. The number of carbonyl (C=O) groups excluding carboxylic acids is 4. The topological polar surface area (TPSA) is 150 Å². The average molecular weight is 589 g/mol. The van der Waals surface area contributed by atoms with Gasteiger partial charge in [0.1, 0.15) is 5.82 Å². The van der Waals surface area contributed by atoms with E-state index >= 15 is 0 Å². The number of hydrogen-bond donors (Lipinski definition) is 5. The molecule has 1 aromatic heterocycles. The number of rotatable bonds is 8. The molecule has 1 fully saturated rings. The summed E-state index contributed by atoms with van der Waals surface area (Å²) in [7, 11) is 1.24.